The van der Waals surface area contributed by atoms with E-state index in [4.69, 9.17) is 9.47 Å². The summed E-state index contributed by atoms with van der Waals surface area (Å²) in [5.74, 6) is -0.0476. The van der Waals surface area contributed by atoms with Crippen LogP contribution in [0.3, 0.4) is 0 Å². The van der Waals surface area contributed by atoms with Gasteiger partial charge < -0.3 is 9.47 Å². The number of hydrogen-bond donors (Lipinski definition) is 1. The molecule has 0 aliphatic carbocycles. The van der Waals surface area contributed by atoms with Crippen LogP contribution in [0.1, 0.15) is 26.5 Å². The molecule has 8 heteroatoms. The number of amides is 1. The monoisotopic (exact) mass is 268 g/mol. The molecule has 1 rings (SSSR count). The van der Waals surface area contributed by atoms with Crippen molar-refractivity contribution >= 4 is 17.6 Å². The average Bonchev–Trinajstić information content (AvgIpc) is 2.25. The normalized spacial score (nSPS) is 10.8. The van der Waals surface area contributed by atoms with Crippen molar-refractivity contribution in [2.45, 2.75) is 33.3 Å². The van der Waals surface area contributed by atoms with E-state index in [1.165, 1.54) is 7.11 Å². The number of carbonyl (C=O) groups is 1. The number of nitrogens with one attached hydrogen (secondary N) is 1. The van der Waals surface area contributed by atoms with E-state index in [-0.39, 0.29) is 17.5 Å². The Morgan fingerprint density at radius 3 is 2.42 bits per heavy atom. The van der Waals surface area contributed by atoms with Gasteiger partial charge in [-0.25, -0.2) is 4.79 Å². The van der Waals surface area contributed by atoms with Crippen LogP contribution in [0.5, 0.6) is 6.01 Å². The minimum absolute atomic E-state index is 0.0240. The molecule has 0 aliphatic rings. The highest BCUT2D eigenvalue weighted by Crippen LogP contribution is 2.28. The molecule has 1 N–H and O–H groups in total. The van der Waals surface area contributed by atoms with Crippen LogP contribution in [0.4, 0.5) is 16.3 Å². The molecule has 0 aromatic carbocycles. The van der Waals surface area contributed by atoms with Crippen molar-refractivity contribution in [3.63, 3.8) is 0 Å². The minimum atomic E-state index is -0.738. The molecule has 0 radical (unpaired) electrons. The number of ether oxygens (including phenoxy) is 2. The first kappa shape index (κ1) is 14.8. The molecule has 0 atom stereocenters. The van der Waals surface area contributed by atoms with Crippen molar-refractivity contribution in [1.82, 2.24) is 9.97 Å². The van der Waals surface area contributed by atoms with E-state index in [9.17, 15) is 9.70 Å². The summed E-state index contributed by atoms with van der Waals surface area (Å²) in [7, 11) is 1.38. The Labute approximate surface area is 110 Å². The fourth-order valence-corrected chi connectivity index (χ4v) is 1.23. The molecule has 0 unspecified atom stereocenters. The molecule has 1 aromatic rings. The third-order valence-corrected chi connectivity index (χ3v) is 1.93. The summed E-state index contributed by atoms with van der Waals surface area (Å²) in [6, 6.07) is 0.0240. The second-order valence-corrected chi connectivity index (χ2v) is 4.71. The Balaban J connectivity index is 3.02. The topological polar surface area (TPSA) is 103 Å². The number of methoxy groups -OCH3 is 1. The van der Waals surface area contributed by atoms with Crippen LogP contribution in [0.25, 0.3) is 0 Å². The van der Waals surface area contributed by atoms with Crippen LogP contribution in [0.15, 0.2) is 5.18 Å². The van der Waals surface area contributed by atoms with Gasteiger partial charge in [-0.05, 0) is 32.9 Å². The predicted octanol–water partition coefficient (Wildman–Crippen LogP) is 2.54. The fraction of sp³-hybridized carbons (Fsp3) is 0.545. The predicted molar refractivity (Wildman–Crippen MR) is 68.6 cm³/mol. The zero-order chi connectivity index (χ0) is 14.6. The molecule has 1 aromatic heterocycles. The summed E-state index contributed by atoms with van der Waals surface area (Å²) in [5, 5.41) is 5.14. The average molecular weight is 268 g/mol. The maximum Gasteiger partial charge on any atom is 0.413 e. The zero-order valence-electron chi connectivity index (χ0n) is 11.5. The standard InChI is InChI=1S/C11H16N4O4/c1-6-7(15-17)8(13-9(12-6)18-5)14-10(16)19-11(2,3)4/h1-5H3,(H,12,13,14,16). The number of hydrogen-bond acceptors (Lipinski definition) is 7. The van der Waals surface area contributed by atoms with Gasteiger partial charge in [0.05, 0.1) is 12.8 Å². The summed E-state index contributed by atoms with van der Waals surface area (Å²) in [6.45, 7) is 6.72. The van der Waals surface area contributed by atoms with Crippen LogP contribution >= 0.6 is 0 Å². The van der Waals surface area contributed by atoms with Gasteiger partial charge in [0.2, 0.25) is 0 Å². The fourth-order valence-electron chi connectivity index (χ4n) is 1.23. The highest BCUT2D eigenvalue weighted by Gasteiger charge is 2.20. The molecule has 104 valence electrons. The van der Waals surface area contributed by atoms with Gasteiger partial charge in [0, 0.05) is 0 Å². The minimum Gasteiger partial charge on any atom is -0.467 e. The second-order valence-electron chi connectivity index (χ2n) is 4.71. The maximum absolute atomic E-state index is 11.6. The molecule has 0 bridgehead atoms. The van der Waals surface area contributed by atoms with Crippen LogP contribution in [-0.4, -0.2) is 28.8 Å². The lowest BCUT2D eigenvalue weighted by Gasteiger charge is -2.19. The van der Waals surface area contributed by atoms with Gasteiger partial charge in [-0.3, -0.25) is 5.32 Å². The van der Waals surface area contributed by atoms with Crippen molar-refractivity contribution < 1.29 is 14.3 Å². The molecule has 19 heavy (non-hydrogen) atoms. The van der Waals surface area contributed by atoms with Crippen molar-refractivity contribution in [2.24, 2.45) is 5.18 Å². The van der Waals surface area contributed by atoms with Crippen LogP contribution in [0, 0.1) is 11.8 Å². The van der Waals surface area contributed by atoms with E-state index < -0.39 is 11.7 Å². The van der Waals surface area contributed by atoms with E-state index in [2.05, 4.69) is 20.5 Å². The third-order valence-electron chi connectivity index (χ3n) is 1.93. The largest absolute Gasteiger partial charge is 0.467 e. The highest BCUT2D eigenvalue weighted by molar-refractivity contribution is 5.87. The van der Waals surface area contributed by atoms with Gasteiger partial charge in [0.15, 0.2) is 11.5 Å². The number of anilines is 1. The van der Waals surface area contributed by atoms with E-state index in [0.717, 1.165) is 0 Å². The number of aromatic nitrogens is 2. The molecule has 0 saturated carbocycles. The molecular formula is C11H16N4O4. The Bertz CT molecular complexity index is 496. The summed E-state index contributed by atoms with van der Waals surface area (Å²) in [4.78, 5) is 30.1. The molecule has 0 aliphatic heterocycles. The smallest absolute Gasteiger partial charge is 0.413 e. The van der Waals surface area contributed by atoms with Gasteiger partial charge in [-0.1, -0.05) is 0 Å². The van der Waals surface area contributed by atoms with Crippen LogP contribution in [0.2, 0.25) is 0 Å². The summed E-state index contributed by atoms with van der Waals surface area (Å²) < 4.78 is 9.92. The zero-order valence-corrected chi connectivity index (χ0v) is 11.5. The first-order valence-electron chi connectivity index (χ1n) is 5.53. The van der Waals surface area contributed by atoms with Gasteiger partial charge in [-0.15, -0.1) is 4.91 Å². The first-order chi connectivity index (χ1) is 8.76. The summed E-state index contributed by atoms with van der Waals surface area (Å²) >= 11 is 0. The molecule has 0 fully saturated rings. The van der Waals surface area contributed by atoms with Crippen molar-refractivity contribution in [1.29, 1.82) is 0 Å². The first-order valence-corrected chi connectivity index (χ1v) is 5.53. The Kier molecular flexibility index (Phi) is 4.36. The lowest BCUT2D eigenvalue weighted by molar-refractivity contribution is 0.0635. The van der Waals surface area contributed by atoms with Crippen molar-refractivity contribution in [2.75, 3.05) is 12.4 Å². The molecule has 0 spiro atoms. The summed E-state index contributed by atoms with van der Waals surface area (Å²) in [6.07, 6.45) is -0.738. The van der Waals surface area contributed by atoms with E-state index in [1.54, 1.807) is 27.7 Å². The van der Waals surface area contributed by atoms with Crippen LogP contribution < -0.4 is 10.1 Å². The summed E-state index contributed by atoms with van der Waals surface area (Å²) in [5.41, 5.74) is -0.426. The van der Waals surface area contributed by atoms with E-state index in [0.29, 0.717) is 5.69 Å². The van der Waals surface area contributed by atoms with Gasteiger partial charge in [0.1, 0.15) is 5.60 Å². The number of rotatable bonds is 3. The molecule has 8 nitrogen and oxygen atoms in total. The number of carbonyl (C=O) groups excluding carboxylic acids is 1. The van der Waals surface area contributed by atoms with E-state index >= 15 is 0 Å². The van der Waals surface area contributed by atoms with Gasteiger partial charge in [-0.2, -0.15) is 9.97 Å². The van der Waals surface area contributed by atoms with E-state index in [1.807, 2.05) is 0 Å². The quantitative estimate of drug-likeness (QED) is 0.845. The van der Waals surface area contributed by atoms with Gasteiger partial charge in [0.25, 0.3) is 0 Å². The van der Waals surface area contributed by atoms with Crippen LogP contribution in [-0.2, 0) is 4.74 Å². The molecule has 1 heterocycles. The number of aryl methyl sites for hydroxylation is 1. The number of nitrogens with zero attached hydrogens (tertiary/aromatic N) is 3. The van der Waals surface area contributed by atoms with Crippen molar-refractivity contribution in [3.05, 3.63) is 10.6 Å². The maximum atomic E-state index is 11.6. The SMILES string of the molecule is COc1nc(C)c(N=O)c(NC(=O)OC(C)(C)C)n1. The highest BCUT2D eigenvalue weighted by atomic mass is 16.6. The second kappa shape index (κ2) is 5.59. The Morgan fingerprint density at radius 1 is 1.32 bits per heavy atom. The molecular weight excluding hydrogens is 252 g/mol. The molecule has 1 amide bonds. The molecule has 0 saturated heterocycles. The Hall–Kier alpha value is -2.25. The third kappa shape index (κ3) is 4.16. The lowest BCUT2D eigenvalue weighted by Crippen LogP contribution is -2.27. The van der Waals surface area contributed by atoms with Crippen molar-refractivity contribution in [3.8, 4) is 6.01 Å². The lowest BCUT2D eigenvalue weighted by atomic mass is 10.2. The van der Waals surface area contributed by atoms with Gasteiger partial charge >= 0.3 is 12.1 Å². The Morgan fingerprint density at radius 2 is 1.95 bits per heavy atom. The number of nitroso groups, excluding NO2 is 1.